The van der Waals surface area contributed by atoms with Crippen LogP contribution in [0.3, 0.4) is 0 Å². The van der Waals surface area contributed by atoms with Crippen LogP contribution >= 0.6 is 0 Å². The molecule has 86 valence electrons. The molecular weight excluding hydrogens is 206 g/mol. The van der Waals surface area contributed by atoms with Crippen LogP contribution in [0.1, 0.15) is 13.8 Å². The molecule has 1 saturated heterocycles. The van der Waals surface area contributed by atoms with Crippen molar-refractivity contribution >= 4 is 5.91 Å². The van der Waals surface area contributed by atoms with Gasteiger partial charge in [-0.05, 0) is 5.92 Å². The molecule has 5 heteroatoms. The quantitative estimate of drug-likeness (QED) is 0.681. The Bertz CT molecular complexity index is 340. The first-order chi connectivity index (χ1) is 7.60. The Morgan fingerprint density at radius 1 is 1.50 bits per heavy atom. The van der Waals surface area contributed by atoms with Crippen molar-refractivity contribution in [2.75, 3.05) is 19.7 Å². The summed E-state index contributed by atoms with van der Waals surface area (Å²) in [7, 11) is 0. The van der Waals surface area contributed by atoms with E-state index in [9.17, 15) is 4.79 Å². The summed E-state index contributed by atoms with van der Waals surface area (Å²) >= 11 is 0. The SMILES string of the molecule is CC(C)C(C#N)C(=O)N1CCOC(C#N)C1. The van der Waals surface area contributed by atoms with Crippen LogP contribution in [0.15, 0.2) is 0 Å². The summed E-state index contributed by atoms with van der Waals surface area (Å²) in [6, 6.07) is 3.99. The van der Waals surface area contributed by atoms with Gasteiger partial charge in [-0.2, -0.15) is 10.5 Å². The molecule has 0 radical (unpaired) electrons. The minimum Gasteiger partial charge on any atom is -0.360 e. The highest BCUT2D eigenvalue weighted by molar-refractivity contribution is 5.81. The summed E-state index contributed by atoms with van der Waals surface area (Å²) < 4.78 is 5.14. The fraction of sp³-hybridized carbons (Fsp3) is 0.727. The zero-order chi connectivity index (χ0) is 12.1. The second kappa shape index (κ2) is 5.48. The molecule has 0 spiro atoms. The highest BCUT2D eigenvalue weighted by Gasteiger charge is 2.30. The number of hydrogen-bond donors (Lipinski definition) is 0. The third kappa shape index (κ3) is 2.71. The van der Waals surface area contributed by atoms with Crippen molar-refractivity contribution in [1.29, 1.82) is 10.5 Å². The van der Waals surface area contributed by atoms with Gasteiger partial charge >= 0.3 is 0 Å². The average molecular weight is 221 g/mol. The van der Waals surface area contributed by atoms with E-state index in [0.29, 0.717) is 13.2 Å². The van der Waals surface area contributed by atoms with Crippen molar-refractivity contribution in [1.82, 2.24) is 4.90 Å². The minimum absolute atomic E-state index is 0.0131. The molecule has 2 atom stereocenters. The molecule has 1 amide bonds. The van der Waals surface area contributed by atoms with Gasteiger partial charge in [0.15, 0.2) is 6.10 Å². The molecular formula is C11H15N3O2. The van der Waals surface area contributed by atoms with Gasteiger partial charge in [-0.25, -0.2) is 0 Å². The van der Waals surface area contributed by atoms with E-state index in [1.165, 1.54) is 0 Å². The van der Waals surface area contributed by atoms with Gasteiger partial charge in [0.2, 0.25) is 5.91 Å². The number of hydrogen-bond acceptors (Lipinski definition) is 4. The highest BCUT2D eigenvalue weighted by atomic mass is 16.5. The third-order valence-corrected chi connectivity index (χ3v) is 2.59. The van der Waals surface area contributed by atoms with Gasteiger partial charge in [-0.15, -0.1) is 0 Å². The summed E-state index contributed by atoms with van der Waals surface area (Å²) in [5.74, 6) is -0.834. The first-order valence-electron chi connectivity index (χ1n) is 5.29. The second-order valence-corrected chi connectivity index (χ2v) is 4.12. The van der Waals surface area contributed by atoms with Crippen LogP contribution in [-0.4, -0.2) is 36.6 Å². The Labute approximate surface area is 95.2 Å². The standard InChI is InChI=1S/C11H15N3O2/c1-8(2)10(6-13)11(15)14-3-4-16-9(5-12)7-14/h8-10H,3-4,7H2,1-2H3. The monoisotopic (exact) mass is 221 g/mol. The van der Waals surface area contributed by atoms with Gasteiger partial charge in [-0.1, -0.05) is 13.8 Å². The molecule has 1 aliphatic rings. The first kappa shape index (κ1) is 12.5. The Hall–Kier alpha value is -1.59. The Morgan fingerprint density at radius 3 is 2.69 bits per heavy atom. The summed E-state index contributed by atoms with van der Waals surface area (Å²) in [5, 5.41) is 17.6. The average Bonchev–Trinajstić information content (AvgIpc) is 2.29. The molecule has 0 aromatic heterocycles. The van der Waals surface area contributed by atoms with E-state index in [1.54, 1.807) is 4.90 Å². The first-order valence-corrected chi connectivity index (χ1v) is 5.29. The maximum Gasteiger partial charge on any atom is 0.240 e. The van der Waals surface area contributed by atoms with E-state index in [4.69, 9.17) is 15.3 Å². The summed E-state index contributed by atoms with van der Waals surface area (Å²) in [4.78, 5) is 13.5. The zero-order valence-electron chi connectivity index (χ0n) is 9.51. The molecule has 5 nitrogen and oxygen atoms in total. The fourth-order valence-corrected chi connectivity index (χ4v) is 1.61. The number of ether oxygens (including phenoxy) is 1. The lowest BCUT2D eigenvalue weighted by Gasteiger charge is -2.31. The van der Waals surface area contributed by atoms with Crippen LogP contribution < -0.4 is 0 Å². The van der Waals surface area contributed by atoms with Gasteiger partial charge in [0.1, 0.15) is 5.92 Å². The van der Waals surface area contributed by atoms with E-state index >= 15 is 0 Å². The second-order valence-electron chi connectivity index (χ2n) is 4.12. The Morgan fingerprint density at radius 2 is 2.19 bits per heavy atom. The van der Waals surface area contributed by atoms with Crippen LogP contribution in [0.2, 0.25) is 0 Å². The molecule has 1 fully saturated rings. The number of carbonyl (C=O) groups is 1. The van der Waals surface area contributed by atoms with E-state index in [0.717, 1.165) is 0 Å². The molecule has 0 aromatic rings. The van der Waals surface area contributed by atoms with Crippen molar-refractivity contribution in [2.24, 2.45) is 11.8 Å². The predicted molar refractivity (Wildman–Crippen MR) is 55.9 cm³/mol. The van der Waals surface area contributed by atoms with E-state index in [-0.39, 0.29) is 18.4 Å². The largest absolute Gasteiger partial charge is 0.360 e. The zero-order valence-corrected chi connectivity index (χ0v) is 9.51. The maximum absolute atomic E-state index is 12.0. The van der Waals surface area contributed by atoms with Gasteiger partial charge in [0.25, 0.3) is 0 Å². The topological polar surface area (TPSA) is 77.1 Å². The van der Waals surface area contributed by atoms with Gasteiger partial charge in [0.05, 0.1) is 25.3 Å². The van der Waals surface area contributed by atoms with E-state index in [1.807, 2.05) is 26.0 Å². The predicted octanol–water partition coefficient (Wildman–Crippen LogP) is 0.533. The lowest BCUT2D eigenvalue weighted by atomic mass is 9.95. The van der Waals surface area contributed by atoms with Crippen LogP contribution in [0.4, 0.5) is 0 Å². The Balaban J connectivity index is 2.67. The third-order valence-electron chi connectivity index (χ3n) is 2.59. The molecule has 16 heavy (non-hydrogen) atoms. The van der Waals surface area contributed by atoms with Gasteiger partial charge < -0.3 is 9.64 Å². The molecule has 1 heterocycles. The molecule has 0 aromatic carbocycles. The highest BCUT2D eigenvalue weighted by Crippen LogP contribution is 2.15. The molecule has 0 aliphatic carbocycles. The summed E-state index contributed by atoms with van der Waals surface area (Å²) in [6.07, 6.45) is -0.566. The van der Waals surface area contributed by atoms with Gasteiger partial charge in [-0.3, -0.25) is 4.79 Å². The maximum atomic E-state index is 12.0. The minimum atomic E-state index is -0.627. The lowest BCUT2D eigenvalue weighted by Crippen LogP contribution is -2.48. The van der Waals surface area contributed by atoms with Gasteiger partial charge in [0, 0.05) is 6.54 Å². The van der Waals surface area contributed by atoms with Crippen LogP contribution in [0.5, 0.6) is 0 Å². The number of morpholine rings is 1. The number of carbonyl (C=O) groups excluding carboxylic acids is 1. The summed E-state index contributed by atoms with van der Waals surface area (Å²) in [5.41, 5.74) is 0. The van der Waals surface area contributed by atoms with Crippen molar-refractivity contribution in [3.05, 3.63) is 0 Å². The lowest BCUT2D eigenvalue weighted by molar-refractivity contribution is -0.140. The number of nitrogens with zero attached hydrogens (tertiary/aromatic N) is 3. The molecule has 1 aliphatic heterocycles. The molecule has 2 unspecified atom stereocenters. The van der Waals surface area contributed by atoms with E-state index < -0.39 is 12.0 Å². The van der Waals surface area contributed by atoms with Crippen molar-refractivity contribution in [2.45, 2.75) is 20.0 Å². The number of rotatable bonds is 2. The molecule has 0 bridgehead atoms. The summed E-state index contributed by atoms with van der Waals surface area (Å²) in [6.45, 7) is 4.77. The van der Waals surface area contributed by atoms with Crippen LogP contribution in [-0.2, 0) is 9.53 Å². The fourth-order valence-electron chi connectivity index (χ4n) is 1.61. The normalized spacial score (nSPS) is 22.3. The Kier molecular flexibility index (Phi) is 4.28. The number of nitriles is 2. The smallest absolute Gasteiger partial charge is 0.240 e. The number of amides is 1. The van der Waals surface area contributed by atoms with Crippen LogP contribution in [0, 0.1) is 34.5 Å². The van der Waals surface area contributed by atoms with Crippen molar-refractivity contribution < 1.29 is 9.53 Å². The van der Waals surface area contributed by atoms with E-state index in [2.05, 4.69) is 0 Å². The van der Waals surface area contributed by atoms with Crippen molar-refractivity contribution in [3.8, 4) is 12.1 Å². The molecule has 0 saturated carbocycles. The van der Waals surface area contributed by atoms with Crippen molar-refractivity contribution in [3.63, 3.8) is 0 Å². The van der Waals surface area contributed by atoms with Crippen LogP contribution in [0.25, 0.3) is 0 Å². The molecule has 1 rings (SSSR count). The molecule has 0 N–H and O–H groups in total.